The Balaban J connectivity index is 1.26. The van der Waals surface area contributed by atoms with Gasteiger partial charge in [0.15, 0.2) is 5.79 Å². The fraction of sp³-hybridized carbons (Fsp3) is 1.00. The van der Waals surface area contributed by atoms with Gasteiger partial charge in [0.25, 0.3) is 0 Å². The van der Waals surface area contributed by atoms with Crippen molar-refractivity contribution < 1.29 is 14.6 Å². The summed E-state index contributed by atoms with van der Waals surface area (Å²) in [6.07, 6.45) is 12.9. The second-order valence-electron chi connectivity index (χ2n) is 13.1. The molecule has 0 aromatic rings. The molecule has 1 spiro atoms. The van der Waals surface area contributed by atoms with Crippen molar-refractivity contribution in [2.75, 3.05) is 6.61 Å². The molecule has 0 radical (unpaired) electrons. The topological polar surface area (TPSA) is 38.7 Å². The lowest BCUT2D eigenvalue weighted by atomic mass is 9.44. The summed E-state index contributed by atoms with van der Waals surface area (Å²) in [5.41, 5.74) is 0.899. The minimum absolute atomic E-state index is 0.0389. The quantitative estimate of drug-likeness (QED) is 0.543. The van der Waals surface area contributed by atoms with E-state index in [1.807, 2.05) is 0 Å². The number of ether oxygens (including phenoxy) is 2. The van der Waals surface area contributed by atoms with Crippen molar-refractivity contribution in [2.24, 2.45) is 52.3 Å². The maximum Gasteiger partial charge on any atom is 0.171 e. The van der Waals surface area contributed by atoms with Gasteiger partial charge in [-0.3, -0.25) is 0 Å². The summed E-state index contributed by atoms with van der Waals surface area (Å²) in [5.74, 6) is 4.93. The van der Waals surface area contributed by atoms with E-state index in [-0.39, 0.29) is 11.9 Å². The first-order valence-electron chi connectivity index (χ1n) is 13.3. The van der Waals surface area contributed by atoms with Crippen molar-refractivity contribution in [3.8, 4) is 0 Å². The molecule has 1 N–H and O–H groups in total. The lowest BCUT2D eigenvalue weighted by Crippen LogP contribution is -2.55. The molecule has 3 heteroatoms. The Kier molecular flexibility index (Phi) is 4.58. The van der Waals surface area contributed by atoms with Crippen molar-refractivity contribution in [3.05, 3.63) is 0 Å². The standard InChI is InChI=1S/C27H44O3/c1-16-7-12-27(29-15-16)17(2)24-23(30-27)14-22-20-6-5-18-13-19(28)8-10-25(18,3)21(20)9-11-26(22,24)4/h16-24,28H,5-15H2,1-4H3/t16-,17+,18+,19+,20+,21-,22+,23+,24-,25+,26+,27+/m1/s1. The van der Waals surface area contributed by atoms with E-state index in [1.165, 1.54) is 44.9 Å². The summed E-state index contributed by atoms with van der Waals surface area (Å²) < 4.78 is 13.4. The second kappa shape index (κ2) is 6.70. The monoisotopic (exact) mass is 416 g/mol. The molecular weight excluding hydrogens is 372 g/mol. The zero-order valence-corrected chi connectivity index (χ0v) is 19.7. The van der Waals surface area contributed by atoms with E-state index in [2.05, 4.69) is 27.7 Å². The van der Waals surface area contributed by atoms with E-state index in [1.54, 1.807) is 0 Å². The summed E-state index contributed by atoms with van der Waals surface area (Å²) >= 11 is 0. The largest absolute Gasteiger partial charge is 0.393 e. The molecule has 0 aromatic carbocycles. The molecule has 6 aliphatic rings. The SMILES string of the molecule is C[C@@H]1CC[C@]2(OC1)O[C@H]1C[C@H]3[C@H]4CC[C@H]5C[C@@H](O)CC[C@]5(C)[C@@H]4CC[C@]3(C)[C@@H]1[C@@H]2C. The highest BCUT2D eigenvalue weighted by Gasteiger charge is 2.69. The highest BCUT2D eigenvalue weighted by molar-refractivity contribution is 5.15. The Morgan fingerprint density at radius 3 is 2.40 bits per heavy atom. The molecule has 6 rings (SSSR count). The first kappa shape index (κ1) is 20.5. The smallest absolute Gasteiger partial charge is 0.171 e. The maximum atomic E-state index is 10.3. The molecule has 4 saturated carbocycles. The van der Waals surface area contributed by atoms with E-state index in [9.17, 15) is 5.11 Å². The summed E-state index contributed by atoms with van der Waals surface area (Å²) in [7, 11) is 0. The predicted octanol–water partition coefficient (Wildman–Crippen LogP) is 5.79. The molecule has 30 heavy (non-hydrogen) atoms. The van der Waals surface area contributed by atoms with Gasteiger partial charge in [-0.2, -0.15) is 0 Å². The van der Waals surface area contributed by atoms with Crippen LogP contribution < -0.4 is 0 Å². The van der Waals surface area contributed by atoms with Crippen LogP contribution in [0.25, 0.3) is 0 Å². The fourth-order valence-corrected chi connectivity index (χ4v) is 10.3. The van der Waals surface area contributed by atoms with Gasteiger partial charge >= 0.3 is 0 Å². The van der Waals surface area contributed by atoms with Crippen molar-refractivity contribution in [1.29, 1.82) is 0 Å². The Hall–Kier alpha value is -0.120. The minimum atomic E-state index is -0.282. The van der Waals surface area contributed by atoms with Crippen LogP contribution >= 0.6 is 0 Å². The van der Waals surface area contributed by atoms with Gasteiger partial charge in [0.1, 0.15) is 0 Å². The molecule has 0 aromatic heterocycles. The van der Waals surface area contributed by atoms with E-state index in [4.69, 9.17) is 9.47 Å². The first-order valence-corrected chi connectivity index (χ1v) is 13.3. The molecule has 2 saturated heterocycles. The number of fused-ring (bicyclic) bond motifs is 7. The number of hydrogen-bond donors (Lipinski definition) is 1. The van der Waals surface area contributed by atoms with E-state index in [0.29, 0.717) is 34.7 Å². The molecule has 4 aliphatic carbocycles. The molecular formula is C27H44O3. The zero-order chi connectivity index (χ0) is 20.9. The van der Waals surface area contributed by atoms with Gasteiger partial charge in [0.2, 0.25) is 0 Å². The molecule has 3 nitrogen and oxygen atoms in total. The van der Waals surface area contributed by atoms with Gasteiger partial charge in [-0.1, -0.05) is 27.7 Å². The highest BCUT2D eigenvalue weighted by atomic mass is 16.7. The summed E-state index contributed by atoms with van der Waals surface area (Å²) in [6, 6.07) is 0. The third-order valence-corrected chi connectivity index (χ3v) is 11.9. The van der Waals surface area contributed by atoms with Gasteiger partial charge < -0.3 is 14.6 Å². The third kappa shape index (κ3) is 2.61. The molecule has 0 bridgehead atoms. The van der Waals surface area contributed by atoms with Crippen molar-refractivity contribution in [1.82, 2.24) is 0 Å². The first-order chi connectivity index (χ1) is 14.3. The van der Waals surface area contributed by atoms with Crippen LogP contribution in [0.15, 0.2) is 0 Å². The molecule has 2 heterocycles. The summed E-state index contributed by atoms with van der Waals surface area (Å²) in [5, 5.41) is 10.3. The minimum Gasteiger partial charge on any atom is -0.393 e. The van der Waals surface area contributed by atoms with Crippen LogP contribution in [0.2, 0.25) is 0 Å². The Bertz CT molecular complexity index is 684. The number of aliphatic hydroxyl groups is 1. The average Bonchev–Trinajstić information content (AvgIpc) is 3.16. The number of rotatable bonds is 0. The van der Waals surface area contributed by atoms with Crippen LogP contribution in [0.4, 0.5) is 0 Å². The maximum absolute atomic E-state index is 10.3. The van der Waals surface area contributed by atoms with Crippen molar-refractivity contribution in [2.45, 2.75) is 110 Å². The van der Waals surface area contributed by atoms with Crippen LogP contribution in [0.3, 0.4) is 0 Å². The van der Waals surface area contributed by atoms with Gasteiger partial charge in [-0.05, 0) is 104 Å². The predicted molar refractivity (Wildman–Crippen MR) is 118 cm³/mol. The molecule has 2 aliphatic heterocycles. The molecule has 6 fully saturated rings. The van der Waals surface area contributed by atoms with E-state index in [0.717, 1.165) is 49.5 Å². The Labute approximate surface area is 183 Å². The highest BCUT2D eigenvalue weighted by Crippen LogP contribution is 2.71. The van der Waals surface area contributed by atoms with Gasteiger partial charge in [0, 0.05) is 12.3 Å². The van der Waals surface area contributed by atoms with Crippen LogP contribution in [-0.4, -0.2) is 29.7 Å². The van der Waals surface area contributed by atoms with E-state index < -0.39 is 0 Å². The second-order valence-corrected chi connectivity index (χ2v) is 13.1. The van der Waals surface area contributed by atoms with Gasteiger partial charge in [-0.15, -0.1) is 0 Å². The van der Waals surface area contributed by atoms with Gasteiger partial charge in [-0.25, -0.2) is 0 Å². The van der Waals surface area contributed by atoms with Crippen LogP contribution in [-0.2, 0) is 9.47 Å². The molecule has 0 amide bonds. The summed E-state index contributed by atoms with van der Waals surface area (Å²) in [4.78, 5) is 0. The molecule has 0 unspecified atom stereocenters. The summed E-state index contributed by atoms with van der Waals surface area (Å²) in [6.45, 7) is 10.9. The zero-order valence-electron chi connectivity index (χ0n) is 19.7. The van der Waals surface area contributed by atoms with Gasteiger partial charge in [0.05, 0.1) is 18.8 Å². The molecule has 12 atom stereocenters. The van der Waals surface area contributed by atoms with Crippen molar-refractivity contribution >= 4 is 0 Å². The van der Waals surface area contributed by atoms with E-state index >= 15 is 0 Å². The average molecular weight is 417 g/mol. The third-order valence-electron chi connectivity index (χ3n) is 11.9. The Morgan fingerprint density at radius 1 is 0.833 bits per heavy atom. The fourth-order valence-electron chi connectivity index (χ4n) is 10.3. The lowest BCUT2D eigenvalue weighted by Gasteiger charge is -2.61. The van der Waals surface area contributed by atoms with Crippen molar-refractivity contribution in [3.63, 3.8) is 0 Å². The van der Waals surface area contributed by atoms with Crippen LogP contribution in [0.1, 0.15) is 91.9 Å². The van der Waals surface area contributed by atoms with Crippen LogP contribution in [0.5, 0.6) is 0 Å². The normalized spacial score (nSPS) is 62.5. The lowest BCUT2D eigenvalue weighted by molar-refractivity contribution is -0.273. The molecule has 170 valence electrons. The Morgan fingerprint density at radius 2 is 1.63 bits per heavy atom. The number of hydrogen-bond acceptors (Lipinski definition) is 3. The van der Waals surface area contributed by atoms with Crippen LogP contribution in [0, 0.1) is 52.3 Å². The number of aliphatic hydroxyl groups excluding tert-OH is 1.